The van der Waals surface area contributed by atoms with Crippen LogP contribution in [0.15, 0.2) is 12.4 Å². The molecule has 2 aliphatic heterocycles. The minimum absolute atomic E-state index is 0.0946. The number of rotatable bonds is 8. The van der Waals surface area contributed by atoms with E-state index in [1.165, 1.54) is 0 Å². The molecule has 0 radical (unpaired) electrons. The number of nitrogens with zero attached hydrogens (tertiary/aromatic N) is 4. The quantitative estimate of drug-likeness (QED) is 0.407. The summed E-state index contributed by atoms with van der Waals surface area (Å²) in [6.07, 6.45) is -3.46. The minimum Gasteiger partial charge on any atom is -0.444 e. The average Bonchev–Trinajstić information content (AvgIpc) is 3.20. The Balaban J connectivity index is 1.70. The molecule has 2 fully saturated rings. The largest absolute Gasteiger partial charge is 0.444 e. The summed E-state index contributed by atoms with van der Waals surface area (Å²) in [7, 11) is -2.29. The van der Waals surface area contributed by atoms with Crippen molar-refractivity contribution in [3.8, 4) is 0 Å². The molecule has 0 aliphatic carbocycles. The van der Waals surface area contributed by atoms with Gasteiger partial charge in [0.2, 0.25) is 5.95 Å². The monoisotopic (exact) mass is 617 g/mol. The number of carbonyl (C=O) groups excluding carboxylic acids is 2. The molecule has 3 rings (SSSR count). The van der Waals surface area contributed by atoms with Gasteiger partial charge in [-0.2, -0.15) is 13.2 Å². The highest BCUT2D eigenvalue weighted by Crippen LogP contribution is 2.39. The lowest BCUT2D eigenvalue weighted by molar-refractivity contribution is -0.141. The van der Waals surface area contributed by atoms with Crippen molar-refractivity contribution in [2.75, 3.05) is 31.1 Å². The van der Waals surface area contributed by atoms with Gasteiger partial charge in [-0.05, 0) is 52.2 Å². The van der Waals surface area contributed by atoms with E-state index in [9.17, 15) is 22.8 Å². The van der Waals surface area contributed by atoms with Crippen molar-refractivity contribution in [2.24, 2.45) is 0 Å². The topological polar surface area (TPSA) is 106 Å². The Bertz CT molecular complexity index is 1090. The number of hydrogen-bond donors (Lipinski definition) is 1. The predicted octanol–water partition coefficient (Wildman–Crippen LogP) is 5.00. The van der Waals surface area contributed by atoms with Crippen LogP contribution in [0.3, 0.4) is 0 Å². The second-order valence-corrected chi connectivity index (χ2v) is 18.4. The standard InChI is InChI=1S/C28H46F3N5O5Si/c1-18(34-25(38)40-26(2,3)4)17-39-21-11-13-36(23(21)37)20-10-12-35(16-22(20)41-42(8,9)27(5,6)7)24-32-14-19(15-33-24)28(29,30)31/h14-15,18,20-22H,10-13,16-17H2,1-9H3,(H,34,38)/t18?,20-,21?,22+/m1/s1. The predicted molar refractivity (Wildman–Crippen MR) is 155 cm³/mol. The molecule has 1 N–H and O–H groups in total. The number of amides is 2. The smallest absolute Gasteiger partial charge is 0.419 e. The molecule has 0 spiro atoms. The van der Waals surface area contributed by atoms with Crippen LogP contribution >= 0.6 is 0 Å². The summed E-state index contributed by atoms with van der Waals surface area (Å²) in [6, 6.07) is -0.591. The fourth-order valence-corrected chi connectivity index (χ4v) is 6.06. The molecule has 238 valence electrons. The van der Waals surface area contributed by atoms with Crippen LogP contribution in [-0.4, -0.2) is 91.3 Å². The van der Waals surface area contributed by atoms with Gasteiger partial charge in [-0.3, -0.25) is 4.79 Å². The first-order valence-corrected chi connectivity index (χ1v) is 17.3. The number of alkyl carbamates (subject to hydrolysis) is 1. The second-order valence-electron chi connectivity index (χ2n) is 13.7. The number of likely N-dealkylation sites (tertiary alicyclic amines) is 1. The van der Waals surface area contributed by atoms with Crippen molar-refractivity contribution < 1.29 is 36.7 Å². The van der Waals surface area contributed by atoms with E-state index >= 15 is 0 Å². The molecule has 2 aliphatic rings. The lowest BCUT2D eigenvalue weighted by atomic mass is 10.0. The van der Waals surface area contributed by atoms with Gasteiger partial charge in [-0.15, -0.1) is 0 Å². The van der Waals surface area contributed by atoms with Gasteiger partial charge in [0.25, 0.3) is 5.91 Å². The summed E-state index contributed by atoms with van der Waals surface area (Å²) in [4.78, 5) is 37.2. The molecule has 4 atom stereocenters. The molecule has 3 heterocycles. The van der Waals surface area contributed by atoms with E-state index in [0.717, 1.165) is 12.4 Å². The van der Waals surface area contributed by atoms with E-state index in [0.29, 0.717) is 32.5 Å². The van der Waals surface area contributed by atoms with Crippen molar-refractivity contribution in [1.29, 1.82) is 0 Å². The molecule has 2 unspecified atom stereocenters. The summed E-state index contributed by atoms with van der Waals surface area (Å²) < 4.78 is 57.2. The Morgan fingerprint density at radius 2 is 1.71 bits per heavy atom. The lowest BCUT2D eigenvalue weighted by Crippen LogP contribution is -2.60. The molecule has 14 heteroatoms. The van der Waals surface area contributed by atoms with Gasteiger partial charge in [0.05, 0.1) is 30.4 Å². The molecule has 1 aromatic heterocycles. The third kappa shape index (κ3) is 8.79. The van der Waals surface area contributed by atoms with Gasteiger partial charge < -0.3 is 29.0 Å². The van der Waals surface area contributed by atoms with Crippen LogP contribution < -0.4 is 10.2 Å². The number of anilines is 1. The first-order chi connectivity index (χ1) is 19.2. The summed E-state index contributed by atoms with van der Waals surface area (Å²) in [5, 5.41) is 2.63. The number of halogens is 3. The first-order valence-electron chi connectivity index (χ1n) is 14.4. The third-order valence-corrected chi connectivity index (χ3v) is 12.4. The van der Waals surface area contributed by atoms with Gasteiger partial charge in [-0.25, -0.2) is 14.8 Å². The zero-order valence-electron chi connectivity index (χ0n) is 26.2. The summed E-state index contributed by atoms with van der Waals surface area (Å²) in [5.41, 5.74) is -1.52. The zero-order chi connectivity index (χ0) is 31.7. The molecular formula is C28H46F3N5O5Si. The highest BCUT2D eigenvalue weighted by Gasteiger charge is 2.47. The summed E-state index contributed by atoms with van der Waals surface area (Å²) in [5.74, 6) is 0.0678. The Morgan fingerprint density at radius 1 is 1.10 bits per heavy atom. The number of nitrogens with one attached hydrogen (secondary N) is 1. The van der Waals surface area contributed by atoms with Gasteiger partial charge >= 0.3 is 12.3 Å². The van der Waals surface area contributed by atoms with Crippen LogP contribution in [0, 0.1) is 0 Å². The maximum atomic E-state index is 13.5. The Labute approximate surface area is 247 Å². The Hall–Kier alpha value is -2.45. The van der Waals surface area contributed by atoms with E-state index in [4.69, 9.17) is 13.9 Å². The molecule has 0 aromatic carbocycles. The fraction of sp³-hybridized carbons (Fsp3) is 0.786. The van der Waals surface area contributed by atoms with Gasteiger partial charge in [-0.1, -0.05) is 20.8 Å². The van der Waals surface area contributed by atoms with E-state index < -0.39 is 37.9 Å². The lowest BCUT2D eigenvalue weighted by Gasteiger charge is -2.47. The minimum atomic E-state index is -4.52. The molecule has 1 aromatic rings. The van der Waals surface area contributed by atoms with E-state index in [2.05, 4.69) is 49.1 Å². The van der Waals surface area contributed by atoms with Gasteiger partial charge in [0.15, 0.2) is 8.32 Å². The summed E-state index contributed by atoms with van der Waals surface area (Å²) in [6.45, 7) is 19.2. The molecule has 42 heavy (non-hydrogen) atoms. The second kappa shape index (κ2) is 12.6. The summed E-state index contributed by atoms with van der Waals surface area (Å²) >= 11 is 0. The molecule has 2 saturated heterocycles. The first kappa shape index (κ1) is 34.0. The van der Waals surface area contributed by atoms with Crippen molar-refractivity contribution in [3.63, 3.8) is 0 Å². The number of ether oxygens (including phenoxy) is 2. The maximum Gasteiger partial charge on any atom is 0.419 e. The molecule has 10 nitrogen and oxygen atoms in total. The molecule has 0 bridgehead atoms. The SMILES string of the molecule is CC(COC1CCN([C@@H]2CCN(c3ncc(C(F)(F)F)cn3)C[C@@H]2O[Si](C)(C)C(C)(C)C)C1=O)NC(=O)OC(C)(C)C. The van der Waals surface area contributed by atoms with Gasteiger partial charge in [0.1, 0.15) is 11.7 Å². The normalized spacial score (nSPS) is 23.2. The number of hydrogen-bond acceptors (Lipinski definition) is 8. The van der Waals surface area contributed by atoms with E-state index in [1.807, 2.05) is 9.80 Å². The third-order valence-electron chi connectivity index (χ3n) is 7.93. The zero-order valence-corrected chi connectivity index (χ0v) is 27.2. The molecule has 2 amide bonds. The van der Waals surface area contributed by atoms with E-state index in [1.54, 1.807) is 27.7 Å². The van der Waals surface area contributed by atoms with Crippen LogP contribution in [0.1, 0.15) is 66.9 Å². The van der Waals surface area contributed by atoms with Gasteiger partial charge in [0, 0.05) is 38.4 Å². The van der Waals surface area contributed by atoms with Crippen molar-refractivity contribution in [1.82, 2.24) is 20.2 Å². The van der Waals surface area contributed by atoms with Crippen LogP contribution in [0.5, 0.6) is 0 Å². The average molecular weight is 618 g/mol. The van der Waals surface area contributed by atoms with Crippen molar-refractivity contribution in [2.45, 2.75) is 116 Å². The Morgan fingerprint density at radius 3 is 2.26 bits per heavy atom. The highest BCUT2D eigenvalue weighted by molar-refractivity contribution is 6.74. The van der Waals surface area contributed by atoms with Crippen LogP contribution in [0.2, 0.25) is 18.1 Å². The molecular weight excluding hydrogens is 571 g/mol. The van der Waals surface area contributed by atoms with Crippen LogP contribution in [0.4, 0.5) is 23.9 Å². The van der Waals surface area contributed by atoms with Crippen molar-refractivity contribution in [3.05, 3.63) is 18.0 Å². The van der Waals surface area contributed by atoms with E-state index in [-0.39, 0.29) is 41.7 Å². The fourth-order valence-electron chi connectivity index (χ4n) is 4.71. The number of alkyl halides is 3. The highest BCUT2D eigenvalue weighted by atomic mass is 28.4. The number of carbonyl (C=O) groups is 2. The van der Waals surface area contributed by atoms with Crippen LogP contribution in [-0.2, 0) is 24.9 Å². The molecule has 0 saturated carbocycles. The number of aromatic nitrogens is 2. The van der Waals surface area contributed by atoms with Crippen LogP contribution in [0.25, 0.3) is 0 Å². The Kier molecular flexibility index (Phi) is 10.3. The number of piperidine rings is 1. The van der Waals surface area contributed by atoms with Crippen molar-refractivity contribution >= 4 is 26.3 Å². The maximum absolute atomic E-state index is 13.5.